The molecule has 1 N–H and O–H groups in total. The van der Waals surface area contributed by atoms with Gasteiger partial charge in [-0.1, -0.05) is 49.8 Å². The summed E-state index contributed by atoms with van der Waals surface area (Å²) < 4.78 is 0. The molecule has 0 amide bonds. The first-order chi connectivity index (χ1) is 6.41. The van der Waals surface area contributed by atoms with Gasteiger partial charge in [0.2, 0.25) is 0 Å². The highest BCUT2D eigenvalue weighted by atomic mass is 16.2. The second kappa shape index (κ2) is 11.2. The van der Waals surface area contributed by atoms with Crippen molar-refractivity contribution in [3.8, 4) is 0 Å². The van der Waals surface area contributed by atoms with Crippen molar-refractivity contribution in [2.75, 3.05) is 6.61 Å². The zero-order chi connectivity index (χ0) is 9.78. The predicted molar refractivity (Wildman–Crippen MR) is 58.6 cm³/mol. The molecule has 1 heteroatoms. The number of allylic oxidation sites excluding steroid dienone is 5. The van der Waals surface area contributed by atoms with Gasteiger partial charge in [-0.05, 0) is 19.3 Å². The van der Waals surface area contributed by atoms with Crippen LogP contribution in [0.4, 0.5) is 0 Å². The van der Waals surface area contributed by atoms with Crippen molar-refractivity contribution in [3.63, 3.8) is 0 Å². The number of unbranched alkanes of at least 4 members (excludes halogenated alkanes) is 1. The number of aliphatic hydroxyl groups excluding tert-OH is 1. The Hall–Kier alpha value is -0.820. The minimum absolute atomic E-state index is 0.247. The van der Waals surface area contributed by atoms with E-state index in [1.54, 1.807) is 0 Å². The van der Waals surface area contributed by atoms with Gasteiger partial charge in [0.1, 0.15) is 0 Å². The number of rotatable bonds is 7. The summed E-state index contributed by atoms with van der Waals surface area (Å²) in [6, 6.07) is 0. The maximum atomic E-state index is 8.49. The van der Waals surface area contributed by atoms with Crippen LogP contribution in [0, 0.1) is 0 Å². The average molecular weight is 180 g/mol. The Morgan fingerprint density at radius 1 is 0.923 bits per heavy atom. The smallest absolute Gasteiger partial charge is 0.0465 e. The van der Waals surface area contributed by atoms with Gasteiger partial charge >= 0.3 is 0 Å². The lowest BCUT2D eigenvalue weighted by atomic mass is 10.3. The van der Waals surface area contributed by atoms with Crippen molar-refractivity contribution in [1.82, 2.24) is 0 Å². The van der Waals surface area contributed by atoms with Crippen molar-refractivity contribution in [3.05, 3.63) is 36.5 Å². The predicted octanol–water partition coefficient (Wildman–Crippen LogP) is 3.23. The maximum Gasteiger partial charge on any atom is 0.0465 e. The summed E-state index contributed by atoms with van der Waals surface area (Å²) in [6.07, 6.45) is 16.6. The van der Waals surface area contributed by atoms with Crippen LogP contribution in [0.25, 0.3) is 0 Å². The summed E-state index contributed by atoms with van der Waals surface area (Å²) in [7, 11) is 0. The molecule has 0 radical (unpaired) electrons. The summed E-state index contributed by atoms with van der Waals surface area (Å²) in [6.45, 7) is 2.42. The van der Waals surface area contributed by atoms with Crippen molar-refractivity contribution < 1.29 is 5.11 Å². The fraction of sp³-hybridized carbons (Fsp3) is 0.500. The topological polar surface area (TPSA) is 20.2 Å². The fourth-order valence-corrected chi connectivity index (χ4v) is 0.866. The molecule has 0 aromatic carbocycles. The van der Waals surface area contributed by atoms with Crippen LogP contribution in [-0.4, -0.2) is 11.7 Å². The third kappa shape index (κ3) is 11.2. The van der Waals surface area contributed by atoms with E-state index in [1.807, 2.05) is 6.08 Å². The van der Waals surface area contributed by atoms with Gasteiger partial charge in [0, 0.05) is 6.61 Å². The molecular weight excluding hydrogens is 160 g/mol. The fourth-order valence-electron chi connectivity index (χ4n) is 0.866. The Labute approximate surface area is 81.5 Å². The van der Waals surface area contributed by atoms with Gasteiger partial charge in [-0.25, -0.2) is 0 Å². The van der Waals surface area contributed by atoms with Gasteiger partial charge in [0.15, 0.2) is 0 Å². The molecule has 0 spiro atoms. The first-order valence-electron chi connectivity index (χ1n) is 4.99. The lowest BCUT2D eigenvalue weighted by molar-refractivity contribution is 0.302. The Morgan fingerprint density at radius 2 is 1.69 bits per heavy atom. The lowest BCUT2D eigenvalue weighted by Crippen LogP contribution is -1.74. The van der Waals surface area contributed by atoms with E-state index in [9.17, 15) is 0 Å². The molecule has 0 fully saturated rings. The molecule has 74 valence electrons. The third-order valence-electron chi connectivity index (χ3n) is 1.57. The van der Waals surface area contributed by atoms with Crippen LogP contribution in [0.15, 0.2) is 36.5 Å². The van der Waals surface area contributed by atoms with E-state index in [4.69, 9.17) is 5.11 Å². The van der Waals surface area contributed by atoms with E-state index in [-0.39, 0.29) is 6.61 Å². The monoisotopic (exact) mass is 180 g/mol. The Kier molecular flexibility index (Phi) is 10.5. The standard InChI is InChI=1S/C12H20O/c1-2-3-4-5-6-7-8-9-10-11-12-13/h4-7,9-10,13H,2-3,8,11-12H2,1H3/b5-4+,7-6-,10-9-. The minimum atomic E-state index is 0.247. The molecule has 0 unspecified atom stereocenters. The van der Waals surface area contributed by atoms with Crippen molar-refractivity contribution in [2.24, 2.45) is 0 Å². The average Bonchev–Trinajstić information content (AvgIpc) is 2.16. The molecule has 0 aromatic rings. The summed E-state index contributed by atoms with van der Waals surface area (Å²) in [5.74, 6) is 0. The number of hydrogen-bond donors (Lipinski definition) is 1. The Bertz CT molecular complexity index is 166. The van der Waals surface area contributed by atoms with Crippen LogP contribution >= 0.6 is 0 Å². The largest absolute Gasteiger partial charge is 0.396 e. The quantitative estimate of drug-likeness (QED) is 0.471. The molecule has 0 aliphatic heterocycles. The molecule has 0 atom stereocenters. The van der Waals surface area contributed by atoms with E-state index in [2.05, 4.69) is 37.3 Å². The van der Waals surface area contributed by atoms with E-state index in [1.165, 1.54) is 6.42 Å². The molecule has 0 saturated heterocycles. The summed E-state index contributed by atoms with van der Waals surface area (Å²) in [4.78, 5) is 0. The second-order valence-electron chi connectivity index (χ2n) is 2.86. The summed E-state index contributed by atoms with van der Waals surface area (Å²) in [5.41, 5.74) is 0. The summed E-state index contributed by atoms with van der Waals surface area (Å²) in [5, 5.41) is 8.49. The molecule has 13 heavy (non-hydrogen) atoms. The lowest BCUT2D eigenvalue weighted by Gasteiger charge is -1.83. The Morgan fingerprint density at radius 3 is 2.38 bits per heavy atom. The zero-order valence-corrected chi connectivity index (χ0v) is 8.45. The van der Waals surface area contributed by atoms with Crippen LogP contribution in [0.5, 0.6) is 0 Å². The van der Waals surface area contributed by atoms with Crippen LogP contribution in [0.2, 0.25) is 0 Å². The summed E-state index contributed by atoms with van der Waals surface area (Å²) >= 11 is 0. The molecule has 0 aromatic heterocycles. The molecule has 0 saturated carbocycles. The molecule has 0 aliphatic carbocycles. The normalized spacial score (nSPS) is 12.5. The molecule has 0 heterocycles. The maximum absolute atomic E-state index is 8.49. The van der Waals surface area contributed by atoms with Crippen molar-refractivity contribution >= 4 is 0 Å². The zero-order valence-electron chi connectivity index (χ0n) is 8.45. The SMILES string of the molecule is CCC/C=C/C=C\C/C=C\CCO. The van der Waals surface area contributed by atoms with E-state index >= 15 is 0 Å². The first-order valence-corrected chi connectivity index (χ1v) is 4.99. The molecule has 0 rings (SSSR count). The van der Waals surface area contributed by atoms with E-state index in [0.29, 0.717) is 0 Å². The van der Waals surface area contributed by atoms with Gasteiger partial charge < -0.3 is 5.11 Å². The first kappa shape index (κ1) is 12.2. The molecular formula is C12H20O. The van der Waals surface area contributed by atoms with Crippen LogP contribution in [0.3, 0.4) is 0 Å². The molecule has 1 nitrogen and oxygen atoms in total. The van der Waals surface area contributed by atoms with Crippen molar-refractivity contribution in [2.45, 2.75) is 32.6 Å². The van der Waals surface area contributed by atoms with Gasteiger partial charge in [-0.2, -0.15) is 0 Å². The second-order valence-corrected chi connectivity index (χ2v) is 2.86. The van der Waals surface area contributed by atoms with Crippen LogP contribution < -0.4 is 0 Å². The van der Waals surface area contributed by atoms with E-state index in [0.717, 1.165) is 19.3 Å². The highest BCUT2D eigenvalue weighted by Gasteiger charge is 1.73. The number of aliphatic hydroxyl groups is 1. The van der Waals surface area contributed by atoms with Crippen LogP contribution in [0.1, 0.15) is 32.6 Å². The van der Waals surface area contributed by atoms with Gasteiger partial charge in [0.25, 0.3) is 0 Å². The number of hydrogen-bond acceptors (Lipinski definition) is 1. The van der Waals surface area contributed by atoms with E-state index < -0.39 is 0 Å². The van der Waals surface area contributed by atoms with Crippen LogP contribution in [-0.2, 0) is 0 Å². The van der Waals surface area contributed by atoms with Gasteiger partial charge in [-0.15, -0.1) is 0 Å². The van der Waals surface area contributed by atoms with Gasteiger partial charge in [0.05, 0.1) is 0 Å². The minimum Gasteiger partial charge on any atom is -0.396 e. The molecule has 0 aliphatic rings. The third-order valence-corrected chi connectivity index (χ3v) is 1.57. The highest BCUT2D eigenvalue weighted by molar-refractivity contribution is 5.04. The molecule has 0 bridgehead atoms. The Balaban J connectivity index is 3.30. The highest BCUT2D eigenvalue weighted by Crippen LogP contribution is 1.91. The van der Waals surface area contributed by atoms with Crippen molar-refractivity contribution in [1.29, 1.82) is 0 Å². The van der Waals surface area contributed by atoms with Gasteiger partial charge in [-0.3, -0.25) is 0 Å².